The van der Waals surface area contributed by atoms with Gasteiger partial charge in [0.2, 0.25) is 5.91 Å². The Morgan fingerprint density at radius 2 is 1.80 bits per heavy atom. The molecule has 0 saturated carbocycles. The summed E-state index contributed by atoms with van der Waals surface area (Å²) in [6, 6.07) is 18.5. The van der Waals surface area contributed by atoms with Gasteiger partial charge in [0.25, 0.3) is 0 Å². The number of nitrogens with one attached hydrogen (secondary N) is 1. The molecule has 0 unspecified atom stereocenters. The van der Waals surface area contributed by atoms with Gasteiger partial charge in [-0.05, 0) is 43.5 Å². The number of hydrogen-bond donors (Lipinski definition) is 1. The van der Waals surface area contributed by atoms with E-state index in [0.717, 1.165) is 27.8 Å². The summed E-state index contributed by atoms with van der Waals surface area (Å²) < 4.78 is 3.34. The zero-order valence-electron chi connectivity index (χ0n) is 19.8. The fourth-order valence-corrected chi connectivity index (χ4v) is 4.43. The van der Waals surface area contributed by atoms with Crippen LogP contribution >= 0.6 is 11.6 Å². The van der Waals surface area contributed by atoms with Gasteiger partial charge in [-0.15, -0.1) is 0 Å². The van der Waals surface area contributed by atoms with Gasteiger partial charge in [0.15, 0.2) is 11.5 Å². The molecule has 0 spiro atoms. The highest BCUT2D eigenvalue weighted by Crippen LogP contribution is 2.30. The van der Waals surface area contributed by atoms with Gasteiger partial charge < -0.3 is 5.32 Å². The number of benzene rings is 2. The highest BCUT2D eigenvalue weighted by molar-refractivity contribution is 6.33. The molecule has 0 aliphatic heterocycles. The van der Waals surface area contributed by atoms with Gasteiger partial charge in [0.1, 0.15) is 11.6 Å². The van der Waals surface area contributed by atoms with E-state index in [1.54, 1.807) is 21.8 Å². The molecule has 2 aromatic carbocycles. The molecule has 35 heavy (non-hydrogen) atoms. The quantitative estimate of drug-likeness (QED) is 0.342. The average molecular weight is 485 g/mol. The fraction of sp³-hybridized carbons (Fsp3) is 0.185. The number of pyridine rings is 1. The lowest BCUT2D eigenvalue weighted by Crippen LogP contribution is -2.20. The van der Waals surface area contributed by atoms with Gasteiger partial charge in [-0.2, -0.15) is 10.2 Å². The Balaban J connectivity index is 1.36. The molecule has 0 aliphatic rings. The number of fused-ring (bicyclic) bond motifs is 1. The monoisotopic (exact) mass is 484 g/mol. The molecule has 5 aromatic rings. The smallest absolute Gasteiger partial charge is 0.247 e. The lowest BCUT2D eigenvalue weighted by atomic mass is 10.0. The predicted molar refractivity (Wildman–Crippen MR) is 139 cm³/mol. The molecule has 0 bridgehead atoms. The van der Waals surface area contributed by atoms with Crippen molar-refractivity contribution in [3.05, 3.63) is 94.4 Å². The topological polar surface area (TPSA) is 77.6 Å². The second kappa shape index (κ2) is 9.35. The van der Waals surface area contributed by atoms with Crippen LogP contribution in [0.3, 0.4) is 0 Å². The van der Waals surface area contributed by atoms with E-state index in [4.69, 9.17) is 11.6 Å². The molecular formula is C27H25ClN6O. The number of amides is 1. The van der Waals surface area contributed by atoms with Crippen molar-refractivity contribution in [2.24, 2.45) is 0 Å². The lowest BCUT2D eigenvalue weighted by molar-refractivity contribution is -0.116. The number of hydrogen-bond acceptors (Lipinski definition) is 4. The van der Waals surface area contributed by atoms with E-state index in [0.29, 0.717) is 23.0 Å². The van der Waals surface area contributed by atoms with Crippen LogP contribution in [0.4, 0.5) is 5.82 Å². The predicted octanol–water partition coefficient (Wildman–Crippen LogP) is 5.56. The van der Waals surface area contributed by atoms with Crippen LogP contribution in [0.25, 0.3) is 22.2 Å². The first-order valence-corrected chi connectivity index (χ1v) is 11.7. The molecule has 1 N–H and O–H groups in total. The number of carbonyl (C=O) groups excluding carboxylic acids is 1. The van der Waals surface area contributed by atoms with E-state index in [2.05, 4.69) is 57.8 Å². The van der Waals surface area contributed by atoms with Crippen LogP contribution < -0.4 is 5.32 Å². The third kappa shape index (κ3) is 4.81. The van der Waals surface area contributed by atoms with Crippen molar-refractivity contribution in [1.82, 2.24) is 24.5 Å². The highest BCUT2D eigenvalue weighted by atomic mass is 35.5. The molecule has 0 radical (unpaired) electrons. The lowest BCUT2D eigenvalue weighted by Gasteiger charge is -2.06. The third-order valence-corrected chi connectivity index (χ3v) is 6.14. The number of carbonyl (C=O) groups is 1. The average Bonchev–Trinajstić information content (AvgIpc) is 3.32. The number of aryl methyl sites for hydroxylation is 3. The van der Waals surface area contributed by atoms with E-state index in [9.17, 15) is 4.79 Å². The van der Waals surface area contributed by atoms with Crippen molar-refractivity contribution in [1.29, 1.82) is 0 Å². The minimum atomic E-state index is -0.278. The summed E-state index contributed by atoms with van der Waals surface area (Å²) in [4.78, 5) is 17.4. The van der Waals surface area contributed by atoms with Gasteiger partial charge in [0, 0.05) is 17.8 Å². The Labute approximate surface area is 208 Å². The largest absolute Gasteiger partial charge is 0.306 e. The van der Waals surface area contributed by atoms with Crippen molar-refractivity contribution in [2.75, 3.05) is 5.32 Å². The van der Waals surface area contributed by atoms with Gasteiger partial charge in [-0.3, -0.25) is 9.48 Å². The number of nitrogens with zero attached hydrogens (tertiary/aromatic N) is 5. The summed E-state index contributed by atoms with van der Waals surface area (Å²) in [5.74, 6) is 0.0467. The Bertz CT molecular complexity index is 1530. The number of halogens is 1. The molecule has 0 aliphatic carbocycles. The van der Waals surface area contributed by atoms with Crippen LogP contribution in [0.2, 0.25) is 5.02 Å². The molecular weight excluding hydrogens is 460 g/mol. The van der Waals surface area contributed by atoms with Crippen molar-refractivity contribution < 1.29 is 4.79 Å². The SMILES string of the molecule is Cc1ccc(-c2ccnc3c2c(C)nn3CC(=O)Nc2nn(Cc3cccc(C)c3)cc2Cl)cc1. The van der Waals surface area contributed by atoms with Gasteiger partial charge in [-0.1, -0.05) is 71.3 Å². The van der Waals surface area contributed by atoms with E-state index < -0.39 is 0 Å². The first kappa shape index (κ1) is 22.8. The first-order valence-electron chi connectivity index (χ1n) is 11.3. The minimum absolute atomic E-state index is 0.00421. The zero-order chi connectivity index (χ0) is 24.5. The van der Waals surface area contributed by atoms with Crippen LogP contribution in [0, 0.1) is 20.8 Å². The molecule has 0 saturated heterocycles. The molecule has 0 atom stereocenters. The zero-order valence-corrected chi connectivity index (χ0v) is 20.5. The maximum absolute atomic E-state index is 12.9. The Morgan fingerprint density at radius 3 is 2.57 bits per heavy atom. The second-order valence-electron chi connectivity index (χ2n) is 8.73. The Hall–Kier alpha value is -3.97. The van der Waals surface area contributed by atoms with E-state index in [1.165, 1.54) is 11.1 Å². The number of rotatable bonds is 6. The van der Waals surface area contributed by atoms with Crippen LogP contribution in [-0.2, 0) is 17.9 Å². The second-order valence-corrected chi connectivity index (χ2v) is 9.13. The molecule has 3 heterocycles. The summed E-state index contributed by atoms with van der Waals surface area (Å²) in [6.07, 6.45) is 3.46. The molecule has 1 amide bonds. The molecule has 8 heteroatoms. The van der Waals surface area contributed by atoms with Crippen LogP contribution in [0.5, 0.6) is 0 Å². The summed E-state index contributed by atoms with van der Waals surface area (Å²) in [6.45, 7) is 6.60. The molecule has 5 rings (SSSR count). The standard InChI is InChI=1S/C27H25ClN6O/c1-17-7-9-21(10-8-17)22-11-12-29-27-25(22)19(3)31-34(27)16-24(35)30-26-23(28)15-33(32-26)14-20-6-4-5-18(2)13-20/h4-13,15H,14,16H2,1-3H3,(H,30,32,35). The van der Waals surface area contributed by atoms with Crippen LogP contribution in [0.1, 0.15) is 22.4 Å². The van der Waals surface area contributed by atoms with Gasteiger partial charge in [0.05, 0.1) is 12.2 Å². The third-order valence-electron chi connectivity index (χ3n) is 5.87. The maximum atomic E-state index is 12.9. The molecule has 3 aromatic heterocycles. The van der Waals surface area contributed by atoms with Crippen molar-refractivity contribution in [3.63, 3.8) is 0 Å². The summed E-state index contributed by atoms with van der Waals surface area (Å²) in [5.41, 5.74) is 7.08. The van der Waals surface area contributed by atoms with E-state index in [1.807, 2.05) is 38.1 Å². The minimum Gasteiger partial charge on any atom is -0.306 e. The van der Waals surface area contributed by atoms with Crippen LogP contribution in [0.15, 0.2) is 67.0 Å². The van der Waals surface area contributed by atoms with Crippen molar-refractivity contribution in [2.45, 2.75) is 33.9 Å². The number of aromatic nitrogens is 5. The normalized spacial score (nSPS) is 11.2. The maximum Gasteiger partial charge on any atom is 0.247 e. The molecule has 0 fully saturated rings. The molecule has 7 nitrogen and oxygen atoms in total. The Kier molecular flexibility index (Phi) is 6.09. The Morgan fingerprint density at radius 1 is 1.00 bits per heavy atom. The van der Waals surface area contributed by atoms with Crippen molar-refractivity contribution in [3.8, 4) is 11.1 Å². The fourth-order valence-electron chi connectivity index (χ4n) is 4.23. The van der Waals surface area contributed by atoms with E-state index in [-0.39, 0.29) is 12.5 Å². The van der Waals surface area contributed by atoms with Crippen molar-refractivity contribution >= 4 is 34.4 Å². The summed E-state index contributed by atoms with van der Waals surface area (Å²) in [7, 11) is 0. The van der Waals surface area contributed by atoms with Gasteiger partial charge in [-0.25, -0.2) is 9.67 Å². The highest BCUT2D eigenvalue weighted by Gasteiger charge is 2.17. The first-order chi connectivity index (χ1) is 16.9. The van der Waals surface area contributed by atoms with E-state index >= 15 is 0 Å². The molecule has 176 valence electrons. The summed E-state index contributed by atoms with van der Waals surface area (Å²) in [5, 5.41) is 13.2. The number of anilines is 1. The van der Waals surface area contributed by atoms with Crippen LogP contribution in [-0.4, -0.2) is 30.5 Å². The van der Waals surface area contributed by atoms with Gasteiger partial charge >= 0.3 is 0 Å². The summed E-state index contributed by atoms with van der Waals surface area (Å²) >= 11 is 6.36.